The number of hydrogen-bond donors (Lipinski definition) is 2. The van der Waals surface area contributed by atoms with Crippen LogP contribution in [0.4, 0.5) is 4.79 Å². The summed E-state index contributed by atoms with van der Waals surface area (Å²) in [5.74, 6) is 0. The molecule has 0 bridgehead atoms. The second-order valence-electron chi connectivity index (χ2n) is 3.72. The lowest BCUT2D eigenvalue weighted by Gasteiger charge is -2.17. The third kappa shape index (κ3) is 4.04. The Kier molecular flexibility index (Phi) is 5.63. The molecule has 2 amide bonds. The van der Waals surface area contributed by atoms with Gasteiger partial charge in [-0.2, -0.15) is 5.10 Å². The van der Waals surface area contributed by atoms with Gasteiger partial charge in [0.05, 0.1) is 12.7 Å². The SMILES string of the molecule is CC=N/C=C\Cc1[nH]ncc1CN(CC)C(N)=O. The summed E-state index contributed by atoms with van der Waals surface area (Å²) in [7, 11) is 0. The first-order valence-electron chi connectivity index (χ1n) is 5.87. The van der Waals surface area contributed by atoms with Crippen LogP contribution in [0.25, 0.3) is 0 Å². The van der Waals surface area contributed by atoms with Crippen LogP contribution >= 0.6 is 0 Å². The fourth-order valence-corrected chi connectivity index (χ4v) is 1.52. The number of amides is 2. The Labute approximate surface area is 107 Å². The van der Waals surface area contributed by atoms with Gasteiger partial charge in [0.1, 0.15) is 0 Å². The summed E-state index contributed by atoms with van der Waals surface area (Å²) in [6.45, 7) is 4.80. The number of rotatable bonds is 6. The lowest BCUT2D eigenvalue weighted by Crippen LogP contribution is -2.35. The second kappa shape index (κ2) is 7.26. The highest BCUT2D eigenvalue weighted by Gasteiger charge is 2.11. The van der Waals surface area contributed by atoms with Gasteiger partial charge in [0.25, 0.3) is 0 Å². The van der Waals surface area contributed by atoms with Crippen molar-refractivity contribution >= 4 is 12.2 Å². The molecule has 0 saturated heterocycles. The number of allylic oxidation sites excluding steroid dienone is 1. The summed E-state index contributed by atoms with van der Waals surface area (Å²) in [4.78, 5) is 16.7. The molecule has 0 unspecified atom stereocenters. The van der Waals surface area contributed by atoms with Gasteiger partial charge >= 0.3 is 6.03 Å². The van der Waals surface area contributed by atoms with Crippen molar-refractivity contribution in [1.29, 1.82) is 0 Å². The van der Waals surface area contributed by atoms with Crippen LogP contribution in [0.2, 0.25) is 0 Å². The number of H-pyrrole nitrogens is 1. The highest BCUT2D eigenvalue weighted by Crippen LogP contribution is 2.09. The molecule has 98 valence electrons. The maximum Gasteiger partial charge on any atom is 0.315 e. The van der Waals surface area contributed by atoms with Crippen LogP contribution in [0.3, 0.4) is 0 Å². The van der Waals surface area contributed by atoms with E-state index in [9.17, 15) is 4.79 Å². The molecule has 1 heterocycles. The van der Waals surface area contributed by atoms with E-state index in [1.165, 1.54) is 0 Å². The zero-order chi connectivity index (χ0) is 13.4. The quantitative estimate of drug-likeness (QED) is 0.747. The summed E-state index contributed by atoms with van der Waals surface area (Å²) >= 11 is 0. The van der Waals surface area contributed by atoms with Gasteiger partial charge in [0, 0.05) is 36.6 Å². The van der Waals surface area contributed by atoms with Gasteiger partial charge in [-0.05, 0) is 13.8 Å². The van der Waals surface area contributed by atoms with Gasteiger partial charge in [0.2, 0.25) is 0 Å². The van der Waals surface area contributed by atoms with E-state index in [1.54, 1.807) is 23.5 Å². The molecule has 1 rings (SSSR count). The number of primary amides is 1. The number of urea groups is 1. The molecule has 3 N–H and O–H groups in total. The van der Waals surface area contributed by atoms with Crippen molar-refractivity contribution in [2.45, 2.75) is 26.8 Å². The number of aliphatic imine (C=N–C) groups is 1. The largest absolute Gasteiger partial charge is 0.351 e. The summed E-state index contributed by atoms with van der Waals surface area (Å²) in [5.41, 5.74) is 7.22. The van der Waals surface area contributed by atoms with Crippen molar-refractivity contribution in [3.8, 4) is 0 Å². The van der Waals surface area contributed by atoms with Crippen LogP contribution < -0.4 is 5.73 Å². The third-order valence-corrected chi connectivity index (χ3v) is 2.52. The fraction of sp³-hybridized carbons (Fsp3) is 0.417. The number of nitrogens with two attached hydrogens (primary N) is 1. The van der Waals surface area contributed by atoms with E-state index in [0.29, 0.717) is 19.5 Å². The van der Waals surface area contributed by atoms with Gasteiger partial charge < -0.3 is 10.6 Å². The molecule has 18 heavy (non-hydrogen) atoms. The summed E-state index contributed by atoms with van der Waals surface area (Å²) in [5, 5.41) is 6.91. The van der Waals surface area contributed by atoms with E-state index < -0.39 is 6.03 Å². The summed E-state index contributed by atoms with van der Waals surface area (Å²) in [6.07, 6.45) is 7.80. The van der Waals surface area contributed by atoms with Crippen LogP contribution in [0, 0.1) is 0 Å². The van der Waals surface area contributed by atoms with Crippen LogP contribution in [0.1, 0.15) is 25.1 Å². The van der Waals surface area contributed by atoms with Crippen LogP contribution in [-0.2, 0) is 13.0 Å². The maximum atomic E-state index is 11.2. The first-order chi connectivity index (χ1) is 8.69. The number of carbonyl (C=O) groups is 1. The zero-order valence-corrected chi connectivity index (χ0v) is 10.8. The minimum absolute atomic E-state index is 0.421. The van der Waals surface area contributed by atoms with E-state index in [-0.39, 0.29) is 0 Å². The smallest absolute Gasteiger partial charge is 0.315 e. The van der Waals surface area contributed by atoms with E-state index in [1.807, 2.05) is 19.9 Å². The Balaban J connectivity index is 2.67. The van der Waals surface area contributed by atoms with Crippen molar-refractivity contribution in [3.63, 3.8) is 0 Å². The number of nitrogens with one attached hydrogen (secondary N) is 1. The van der Waals surface area contributed by atoms with E-state index in [0.717, 1.165) is 11.3 Å². The minimum atomic E-state index is -0.421. The summed E-state index contributed by atoms with van der Waals surface area (Å²) < 4.78 is 0. The van der Waals surface area contributed by atoms with Gasteiger partial charge in [-0.3, -0.25) is 10.1 Å². The standard InChI is InChI=1S/C12H19N5O/c1-3-14-7-5-6-11-10(8-15-16-11)9-17(4-2)12(13)18/h3,5,7-8H,4,6,9H2,1-2H3,(H2,13,18)(H,15,16)/b7-5-,14-3?. The first-order valence-corrected chi connectivity index (χ1v) is 5.87. The van der Waals surface area contributed by atoms with Gasteiger partial charge in [-0.15, -0.1) is 0 Å². The van der Waals surface area contributed by atoms with Crippen molar-refractivity contribution in [3.05, 3.63) is 29.7 Å². The Morgan fingerprint density at radius 3 is 3.06 bits per heavy atom. The predicted octanol–water partition coefficient (Wildman–Crippen LogP) is 1.46. The molecular formula is C12H19N5O. The Morgan fingerprint density at radius 2 is 2.44 bits per heavy atom. The van der Waals surface area contributed by atoms with E-state index in [4.69, 9.17) is 5.73 Å². The van der Waals surface area contributed by atoms with Crippen molar-refractivity contribution < 1.29 is 4.79 Å². The average molecular weight is 249 g/mol. The number of aromatic amines is 1. The van der Waals surface area contributed by atoms with Crippen LogP contribution in [0.15, 0.2) is 23.5 Å². The molecule has 0 spiro atoms. The number of carbonyl (C=O) groups excluding carboxylic acids is 1. The third-order valence-electron chi connectivity index (χ3n) is 2.52. The fourth-order valence-electron chi connectivity index (χ4n) is 1.52. The van der Waals surface area contributed by atoms with Crippen molar-refractivity contribution in [1.82, 2.24) is 15.1 Å². The molecule has 0 aliphatic carbocycles. The molecule has 6 heteroatoms. The molecular weight excluding hydrogens is 230 g/mol. The molecule has 0 atom stereocenters. The Bertz CT molecular complexity index is 435. The number of nitrogens with zero attached hydrogens (tertiary/aromatic N) is 3. The van der Waals surface area contributed by atoms with Crippen molar-refractivity contribution in [2.75, 3.05) is 6.54 Å². The van der Waals surface area contributed by atoms with E-state index >= 15 is 0 Å². The summed E-state index contributed by atoms with van der Waals surface area (Å²) in [6, 6.07) is -0.421. The molecule has 0 fully saturated rings. The molecule has 0 aromatic carbocycles. The molecule has 1 aromatic heterocycles. The number of hydrogen-bond acceptors (Lipinski definition) is 3. The highest BCUT2D eigenvalue weighted by molar-refractivity contribution is 5.71. The number of aromatic nitrogens is 2. The van der Waals surface area contributed by atoms with Gasteiger partial charge in [0.15, 0.2) is 0 Å². The Hall–Kier alpha value is -2.11. The van der Waals surface area contributed by atoms with Crippen LogP contribution in [-0.4, -0.2) is 33.9 Å². The normalized spacial score (nSPS) is 11.4. The molecule has 0 aliphatic rings. The van der Waals surface area contributed by atoms with Gasteiger partial charge in [-0.1, -0.05) is 6.08 Å². The lowest BCUT2D eigenvalue weighted by atomic mass is 10.2. The molecule has 6 nitrogen and oxygen atoms in total. The van der Waals surface area contributed by atoms with E-state index in [2.05, 4.69) is 15.2 Å². The molecule has 0 saturated carbocycles. The van der Waals surface area contributed by atoms with Crippen LogP contribution in [0.5, 0.6) is 0 Å². The molecule has 0 radical (unpaired) electrons. The first kappa shape index (κ1) is 14.0. The predicted molar refractivity (Wildman–Crippen MR) is 71.3 cm³/mol. The molecule has 1 aromatic rings. The maximum absolute atomic E-state index is 11.2. The zero-order valence-electron chi connectivity index (χ0n) is 10.8. The van der Waals surface area contributed by atoms with Gasteiger partial charge in [-0.25, -0.2) is 4.79 Å². The minimum Gasteiger partial charge on any atom is -0.351 e. The second-order valence-corrected chi connectivity index (χ2v) is 3.72. The molecule has 0 aliphatic heterocycles. The van der Waals surface area contributed by atoms with Crippen molar-refractivity contribution in [2.24, 2.45) is 10.7 Å². The Morgan fingerprint density at radius 1 is 1.67 bits per heavy atom. The topological polar surface area (TPSA) is 87.4 Å². The monoisotopic (exact) mass is 249 g/mol. The average Bonchev–Trinajstić information content (AvgIpc) is 2.78. The lowest BCUT2D eigenvalue weighted by molar-refractivity contribution is 0.208. The highest BCUT2D eigenvalue weighted by atomic mass is 16.2.